The molecule has 0 fully saturated rings. The Morgan fingerprint density at radius 3 is 2.33 bits per heavy atom. The fourth-order valence-corrected chi connectivity index (χ4v) is 3.28. The lowest BCUT2D eigenvalue weighted by Gasteiger charge is -2.11. The first-order valence-electron chi connectivity index (χ1n) is 7.42. The molecule has 3 aromatic rings. The highest BCUT2D eigenvalue weighted by Gasteiger charge is 2.41. The third-order valence-electron chi connectivity index (χ3n) is 4.40. The second-order valence-electron chi connectivity index (χ2n) is 5.72. The van der Waals surface area contributed by atoms with Gasteiger partial charge in [0.15, 0.2) is 11.6 Å². The van der Waals surface area contributed by atoms with E-state index in [1.165, 1.54) is 18.2 Å². The molecule has 24 heavy (non-hydrogen) atoms. The normalized spacial score (nSPS) is 16.4. The van der Waals surface area contributed by atoms with E-state index in [1.54, 1.807) is 6.07 Å². The molecule has 0 saturated carbocycles. The van der Waals surface area contributed by atoms with Crippen LogP contribution >= 0.6 is 0 Å². The number of nitro benzene ring substituents is 1. The lowest BCUT2D eigenvalue weighted by Crippen LogP contribution is -2.13. The molecule has 0 radical (unpaired) electrons. The minimum atomic E-state index is -0.937. The predicted molar refractivity (Wildman–Crippen MR) is 88.4 cm³/mol. The van der Waals surface area contributed by atoms with Crippen molar-refractivity contribution in [3.05, 3.63) is 87.5 Å². The highest BCUT2D eigenvalue weighted by molar-refractivity contribution is 6.30. The van der Waals surface area contributed by atoms with Gasteiger partial charge in [0.25, 0.3) is 5.69 Å². The van der Waals surface area contributed by atoms with Gasteiger partial charge in [0.05, 0.1) is 4.92 Å². The monoisotopic (exact) mass is 317 g/mol. The Morgan fingerprint density at radius 1 is 0.833 bits per heavy atom. The molecular weight excluding hydrogens is 306 g/mol. The highest BCUT2D eigenvalue weighted by Crippen LogP contribution is 2.38. The second-order valence-corrected chi connectivity index (χ2v) is 5.72. The molecule has 0 N–H and O–H groups in total. The van der Waals surface area contributed by atoms with Crippen LogP contribution in [0.1, 0.15) is 32.2 Å². The van der Waals surface area contributed by atoms with E-state index in [9.17, 15) is 19.7 Å². The molecule has 0 spiro atoms. The summed E-state index contributed by atoms with van der Waals surface area (Å²) in [6.45, 7) is 0. The van der Waals surface area contributed by atoms with E-state index < -0.39 is 10.8 Å². The molecule has 0 heterocycles. The van der Waals surface area contributed by atoms with Crippen molar-refractivity contribution in [3.8, 4) is 0 Å². The number of rotatable bonds is 2. The fourth-order valence-electron chi connectivity index (χ4n) is 3.28. The van der Waals surface area contributed by atoms with Gasteiger partial charge in [-0.25, -0.2) is 0 Å². The van der Waals surface area contributed by atoms with E-state index in [-0.39, 0.29) is 28.4 Å². The van der Waals surface area contributed by atoms with Crippen LogP contribution in [0, 0.1) is 10.1 Å². The molecule has 0 saturated heterocycles. The van der Waals surface area contributed by atoms with E-state index in [0.717, 1.165) is 10.8 Å². The standard InChI is InChI=1S/C19H11NO4/c21-18-15-9-8-12(20(23)24)10-16(15)19(22)17(18)14-7-3-5-11-4-1-2-6-13(11)14/h1-10,17H. The van der Waals surface area contributed by atoms with Crippen molar-refractivity contribution in [1.82, 2.24) is 0 Å². The van der Waals surface area contributed by atoms with Crippen LogP contribution < -0.4 is 0 Å². The van der Waals surface area contributed by atoms with Gasteiger partial charge in [-0.2, -0.15) is 0 Å². The van der Waals surface area contributed by atoms with Crippen LogP contribution in [-0.2, 0) is 0 Å². The first-order valence-corrected chi connectivity index (χ1v) is 7.42. The van der Waals surface area contributed by atoms with E-state index >= 15 is 0 Å². The molecule has 5 nitrogen and oxygen atoms in total. The van der Waals surface area contributed by atoms with Gasteiger partial charge >= 0.3 is 0 Å². The molecule has 0 bridgehead atoms. The van der Waals surface area contributed by atoms with Crippen molar-refractivity contribution < 1.29 is 14.5 Å². The van der Waals surface area contributed by atoms with Crippen LogP contribution in [0.5, 0.6) is 0 Å². The summed E-state index contributed by atoms with van der Waals surface area (Å²) in [4.78, 5) is 35.9. The number of fused-ring (bicyclic) bond motifs is 2. The molecule has 5 heteroatoms. The third kappa shape index (κ3) is 1.95. The molecule has 1 aliphatic rings. The Morgan fingerprint density at radius 2 is 1.54 bits per heavy atom. The molecule has 4 rings (SSSR count). The minimum absolute atomic E-state index is 0.132. The number of non-ortho nitro benzene ring substituents is 1. The third-order valence-corrected chi connectivity index (χ3v) is 4.40. The Balaban J connectivity index is 1.90. The van der Waals surface area contributed by atoms with Crippen LogP contribution in [0.15, 0.2) is 60.7 Å². The highest BCUT2D eigenvalue weighted by atomic mass is 16.6. The largest absolute Gasteiger partial charge is 0.293 e. The van der Waals surface area contributed by atoms with E-state index in [0.29, 0.717) is 5.56 Å². The van der Waals surface area contributed by atoms with Gasteiger partial charge in [-0.1, -0.05) is 42.5 Å². The number of carbonyl (C=O) groups excluding carboxylic acids is 2. The van der Waals surface area contributed by atoms with Gasteiger partial charge in [-0.05, 0) is 22.4 Å². The van der Waals surface area contributed by atoms with Crippen molar-refractivity contribution >= 4 is 28.0 Å². The van der Waals surface area contributed by atoms with Crippen LogP contribution in [0.2, 0.25) is 0 Å². The number of nitro groups is 1. The minimum Gasteiger partial charge on any atom is -0.293 e. The average molecular weight is 317 g/mol. The van der Waals surface area contributed by atoms with Crippen LogP contribution in [0.3, 0.4) is 0 Å². The molecule has 0 amide bonds. The molecule has 0 aromatic heterocycles. The summed E-state index contributed by atoms with van der Waals surface area (Å²) in [5.41, 5.74) is 0.839. The maximum atomic E-state index is 12.8. The molecule has 116 valence electrons. The van der Waals surface area contributed by atoms with E-state index in [4.69, 9.17) is 0 Å². The quantitative estimate of drug-likeness (QED) is 0.408. The van der Waals surface area contributed by atoms with Gasteiger partial charge in [-0.15, -0.1) is 0 Å². The maximum absolute atomic E-state index is 12.8. The fraction of sp³-hybridized carbons (Fsp3) is 0.0526. The molecular formula is C19H11NO4. The molecule has 1 aliphatic carbocycles. The maximum Gasteiger partial charge on any atom is 0.270 e. The van der Waals surface area contributed by atoms with Crippen LogP contribution in [-0.4, -0.2) is 16.5 Å². The van der Waals surface area contributed by atoms with Crippen molar-refractivity contribution in [3.63, 3.8) is 0 Å². The first kappa shape index (κ1) is 14.3. The predicted octanol–water partition coefficient (Wildman–Crippen LogP) is 3.91. The summed E-state index contributed by atoms with van der Waals surface area (Å²) in [6, 6.07) is 16.9. The van der Waals surface area contributed by atoms with Gasteiger partial charge in [0.2, 0.25) is 0 Å². The van der Waals surface area contributed by atoms with Crippen molar-refractivity contribution in [1.29, 1.82) is 0 Å². The number of carbonyl (C=O) groups is 2. The second kappa shape index (κ2) is 5.09. The van der Waals surface area contributed by atoms with Crippen molar-refractivity contribution in [2.75, 3.05) is 0 Å². The van der Waals surface area contributed by atoms with Gasteiger partial charge in [-0.3, -0.25) is 19.7 Å². The number of hydrogen-bond acceptors (Lipinski definition) is 4. The summed E-state index contributed by atoms with van der Waals surface area (Å²) >= 11 is 0. The van der Waals surface area contributed by atoms with Gasteiger partial charge in [0.1, 0.15) is 5.92 Å². The van der Waals surface area contributed by atoms with Crippen molar-refractivity contribution in [2.45, 2.75) is 5.92 Å². The first-order chi connectivity index (χ1) is 11.6. The smallest absolute Gasteiger partial charge is 0.270 e. The Labute approximate surface area is 136 Å². The molecule has 0 aliphatic heterocycles. The lowest BCUT2D eigenvalue weighted by atomic mass is 9.90. The summed E-state index contributed by atoms with van der Waals surface area (Å²) < 4.78 is 0. The SMILES string of the molecule is O=C1c2ccc([N+](=O)[O-])cc2C(=O)C1c1cccc2ccccc12. The topological polar surface area (TPSA) is 77.3 Å². The number of nitrogens with zero attached hydrogens (tertiary/aromatic N) is 1. The number of benzene rings is 3. The Hall–Kier alpha value is -3.34. The van der Waals surface area contributed by atoms with Crippen LogP contribution in [0.25, 0.3) is 10.8 Å². The van der Waals surface area contributed by atoms with Gasteiger partial charge in [0, 0.05) is 23.3 Å². The lowest BCUT2D eigenvalue weighted by molar-refractivity contribution is -0.384. The molecule has 1 atom stereocenters. The number of ketones is 2. The average Bonchev–Trinajstić information content (AvgIpc) is 2.85. The Kier molecular flexibility index (Phi) is 3.03. The zero-order valence-electron chi connectivity index (χ0n) is 12.4. The summed E-state index contributed by atoms with van der Waals surface area (Å²) in [5, 5.41) is 12.7. The molecule has 3 aromatic carbocycles. The molecule has 1 unspecified atom stereocenters. The zero-order valence-corrected chi connectivity index (χ0v) is 12.4. The van der Waals surface area contributed by atoms with E-state index in [2.05, 4.69) is 0 Å². The summed E-state index contributed by atoms with van der Waals surface area (Å²) in [5.74, 6) is -1.62. The Bertz CT molecular complexity index is 1030. The van der Waals surface area contributed by atoms with E-state index in [1.807, 2.05) is 36.4 Å². The summed E-state index contributed by atoms with van der Waals surface area (Å²) in [6.07, 6.45) is 0. The van der Waals surface area contributed by atoms with Crippen molar-refractivity contribution in [2.24, 2.45) is 0 Å². The number of hydrogen-bond donors (Lipinski definition) is 0. The van der Waals surface area contributed by atoms with Gasteiger partial charge < -0.3 is 0 Å². The zero-order chi connectivity index (χ0) is 16.8. The number of Topliss-reactive ketones (excluding diaryl/α,β-unsaturated/α-hetero) is 2. The van der Waals surface area contributed by atoms with Crippen LogP contribution in [0.4, 0.5) is 5.69 Å². The summed E-state index contributed by atoms with van der Waals surface area (Å²) in [7, 11) is 0.